The monoisotopic (exact) mass is 389 g/mol. The number of nitrogens with zero attached hydrogens (tertiary/aromatic N) is 3. The zero-order valence-corrected chi connectivity index (χ0v) is 16.2. The van der Waals surface area contributed by atoms with Gasteiger partial charge in [0.25, 0.3) is 5.03 Å². The third-order valence-corrected chi connectivity index (χ3v) is 6.98. The van der Waals surface area contributed by atoms with Crippen molar-refractivity contribution in [1.82, 2.24) is 14.6 Å². The van der Waals surface area contributed by atoms with Gasteiger partial charge in [-0.25, -0.2) is 4.39 Å². The first-order valence-corrected chi connectivity index (χ1v) is 10.8. The number of halogens is 1. The van der Waals surface area contributed by atoms with E-state index in [1.807, 2.05) is 34.6 Å². The van der Waals surface area contributed by atoms with Crippen LogP contribution in [0.25, 0.3) is 0 Å². The van der Waals surface area contributed by atoms with Crippen molar-refractivity contribution in [3.8, 4) is 0 Å². The van der Waals surface area contributed by atoms with Crippen molar-refractivity contribution in [3.63, 3.8) is 0 Å². The Balaban J connectivity index is 1.41. The van der Waals surface area contributed by atoms with Crippen LogP contribution >= 0.6 is 0 Å². The Kier molecular flexibility index (Phi) is 5.80. The smallest absolute Gasteiger partial charge is 0.268 e. The molecule has 0 saturated carbocycles. The van der Waals surface area contributed by atoms with Crippen molar-refractivity contribution in [2.24, 2.45) is 0 Å². The van der Waals surface area contributed by atoms with Gasteiger partial charge >= 0.3 is 0 Å². The molecule has 27 heavy (non-hydrogen) atoms. The van der Waals surface area contributed by atoms with E-state index in [9.17, 15) is 8.60 Å². The molecule has 0 amide bonds. The molecule has 5 nitrogen and oxygen atoms in total. The number of piperazine rings is 1. The molecule has 0 aliphatic carbocycles. The van der Waals surface area contributed by atoms with Gasteiger partial charge in [0.2, 0.25) is 0 Å². The summed E-state index contributed by atoms with van der Waals surface area (Å²) in [6, 6.07) is 12.8. The van der Waals surface area contributed by atoms with Gasteiger partial charge < -0.3 is 10.2 Å². The summed E-state index contributed by atoms with van der Waals surface area (Å²) in [4.78, 5) is 6.91. The molecule has 2 aliphatic rings. The van der Waals surface area contributed by atoms with E-state index >= 15 is 0 Å². The van der Waals surface area contributed by atoms with E-state index in [1.165, 1.54) is 6.07 Å². The molecule has 2 aromatic rings. The average Bonchev–Trinajstić information content (AvgIpc) is 2.74. The highest BCUT2D eigenvalue weighted by molar-refractivity contribution is 7.82. The minimum absolute atomic E-state index is 0.134. The third kappa shape index (κ3) is 4.20. The van der Waals surface area contributed by atoms with E-state index in [2.05, 4.69) is 15.2 Å². The lowest BCUT2D eigenvalue weighted by atomic mass is 9.90. The predicted molar refractivity (Wildman–Crippen MR) is 107 cm³/mol. The first-order valence-electron chi connectivity index (χ1n) is 9.61. The lowest BCUT2D eigenvalue weighted by molar-refractivity contribution is 0.326. The van der Waals surface area contributed by atoms with E-state index < -0.39 is 11.0 Å². The largest absolute Gasteiger partial charge is 0.354 e. The highest BCUT2D eigenvalue weighted by Crippen LogP contribution is 2.31. The second-order valence-corrected chi connectivity index (χ2v) is 8.68. The average molecular weight is 390 g/mol. The molecule has 1 N–H and O–H groups in total. The molecule has 2 fully saturated rings. The van der Waals surface area contributed by atoms with Gasteiger partial charge in [0.1, 0.15) is 11.6 Å². The number of anilines is 1. The number of benzene rings is 1. The van der Waals surface area contributed by atoms with Crippen molar-refractivity contribution in [2.75, 3.05) is 44.2 Å². The number of rotatable bonds is 4. The summed E-state index contributed by atoms with van der Waals surface area (Å²) in [5.41, 5.74) is 0.784. The lowest BCUT2D eigenvalue weighted by Crippen LogP contribution is -2.44. The lowest BCUT2D eigenvalue weighted by Gasteiger charge is -2.29. The first kappa shape index (κ1) is 18.5. The molecule has 144 valence electrons. The van der Waals surface area contributed by atoms with E-state index in [1.54, 1.807) is 6.07 Å². The maximum Gasteiger partial charge on any atom is 0.268 e. The molecule has 1 aromatic heterocycles. The number of nitrogens with one attached hydrogen (secondary N) is 1. The summed E-state index contributed by atoms with van der Waals surface area (Å²) in [7, 11) is -1.69. The van der Waals surface area contributed by atoms with Gasteiger partial charge in [-0.3, -0.25) is 0 Å². The molecule has 0 radical (unpaired) electrons. The highest BCUT2D eigenvalue weighted by atomic mass is 32.2. The van der Waals surface area contributed by atoms with Gasteiger partial charge in [-0.2, -0.15) is 4.98 Å². The zero-order valence-electron chi connectivity index (χ0n) is 15.4. The second-order valence-electron chi connectivity index (χ2n) is 7.11. The SMILES string of the molecule is O=[SH+](c1cccc(N2CCNCC2)n1)N1CCC(c2ccccc2F)CC1. The molecular weight excluding hydrogens is 363 g/mol. The fourth-order valence-corrected chi connectivity index (χ4v) is 5.18. The Bertz CT molecular complexity index is 804. The second kappa shape index (κ2) is 8.46. The number of thiol groups is 1. The highest BCUT2D eigenvalue weighted by Gasteiger charge is 2.30. The summed E-state index contributed by atoms with van der Waals surface area (Å²) in [6.45, 7) is 5.13. The Morgan fingerprint density at radius 2 is 1.74 bits per heavy atom. The Labute approximate surface area is 162 Å². The van der Waals surface area contributed by atoms with Crippen LogP contribution < -0.4 is 10.2 Å². The maximum atomic E-state index is 14.0. The zero-order chi connectivity index (χ0) is 18.6. The predicted octanol–water partition coefficient (Wildman–Crippen LogP) is 2.48. The van der Waals surface area contributed by atoms with Crippen LogP contribution in [0.3, 0.4) is 0 Å². The number of pyridine rings is 1. The molecule has 4 rings (SSSR count). The van der Waals surface area contributed by atoms with Crippen molar-refractivity contribution in [1.29, 1.82) is 0 Å². The van der Waals surface area contributed by atoms with Crippen LogP contribution in [0.4, 0.5) is 10.2 Å². The van der Waals surface area contributed by atoms with Crippen molar-refractivity contribution in [2.45, 2.75) is 23.8 Å². The van der Waals surface area contributed by atoms with Crippen LogP contribution in [-0.4, -0.2) is 48.6 Å². The Hall–Kier alpha value is -1.83. The Morgan fingerprint density at radius 1 is 1.00 bits per heavy atom. The van der Waals surface area contributed by atoms with Gasteiger partial charge in [0, 0.05) is 45.3 Å². The van der Waals surface area contributed by atoms with Gasteiger partial charge in [-0.1, -0.05) is 28.5 Å². The van der Waals surface area contributed by atoms with Crippen LogP contribution in [-0.2, 0) is 15.2 Å². The fraction of sp³-hybridized carbons (Fsp3) is 0.450. The van der Waals surface area contributed by atoms with Crippen LogP contribution in [0.2, 0.25) is 0 Å². The molecule has 3 heterocycles. The third-order valence-electron chi connectivity index (χ3n) is 5.43. The Morgan fingerprint density at radius 3 is 2.48 bits per heavy atom. The van der Waals surface area contributed by atoms with Crippen LogP contribution in [0, 0.1) is 5.82 Å². The summed E-state index contributed by atoms with van der Waals surface area (Å²) >= 11 is 0. The first-order chi connectivity index (χ1) is 13.2. The van der Waals surface area contributed by atoms with Crippen LogP contribution in [0.1, 0.15) is 24.3 Å². The summed E-state index contributed by atoms with van der Waals surface area (Å²) in [5.74, 6) is 0.968. The summed E-state index contributed by atoms with van der Waals surface area (Å²) in [5, 5.41) is 3.98. The number of hydrogen-bond donors (Lipinski definition) is 1. The van der Waals surface area contributed by atoms with Crippen LogP contribution in [0.5, 0.6) is 0 Å². The topological polar surface area (TPSA) is 48.5 Å². The molecule has 0 spiro atoms. The minimum Gasteiger partial charge on any atom is -0.354 e. The molecule has 1 unspecified atom stereocenters. The molecule has 0 bridgehead atoms. The maximum absolute atomic E-state index is 14.0. The standard InChI is InChI=1S/C20H25FN4OS/c21-18-5-2-1-4-17(18)16-8-12-25(13-9-16)27(26)20-7-3-6-19(23-20)24-14-10-22-11-15-24/h1-7,16,22H,8-15H2/p+1. The quantitative estimate of drug-likeness (QED) is 0.645. The number of aromatic nitrogens is 1. The normalized spacial score (nSPS) is 20.6. The van der Waals surface area contributed by atoms with E-state index in [-0.39, 0.29) is 11.7 Å². The van der Waals surface area contributed by atoms with Gasteiger partial charge in [0.15, 0.2) is 11.0 Å². The molecule has 2 saturated heterocycles. The van der Waals surface area contributed by atoms with E-state index in [0.29, 0.717) is 18.1 Å². The molecule has 7 heteroatoms. The number of piperidine rings is 1. The van der Waals surface area contributed by atoms with Crippen molar-refractivity contribution < 1.29 is 8.60 Å². The minimum atomic E-state index is -1.69. The van der Waals surface area contributed by atoms with Crippen LogP contribution in [0.15, 0.2) is 47.5 Å². The van der Waals surface area contributed by atoms with Crippen molar-refractivity contribution >= 4 is 16.8 Å². The molecular formula is C20H26FN4OS+. The summed E-state index contributed by atoms with van der Waals surface area (Å²) < 4.78 is 29.1. The van der Waals surface area contributed by atoms with Gasteiger partial charge in [0.05, 0.1) is 0 Å². The molecule has 1 aromatic carbocycles. The summed E-state index contributed by atoms with van der Waals surface area (Å²) in [6.07, 6.45) is 1.64. The van der Waals surface area contributed by atoms with Gasteiger partial charge in [-0.15, -0.1) is 4.31 Å². The number of hydrogen-bond acceptors (Lipinski definition) is 4. The fourth-order valence-electron chi connectivity index (χ4n) is 3.90. The van der Waals surface area contributed by atoms with Crippen molar-refractivity contribution in [3.05, 3.63) is 53.8 Å². The molecule has 2 aliphatic heterocycles. The van der Waals surface area contributed by atoms with E-state index in [4.69, 9.17) is 0 Å². The molecule has 1 atom stereocenters. The van der Waals surface area contributed by atoms with E-state index in [0.717, 1.165) is 50.4 Å². The van der Waals surface area contributed by atoms with Gasteiger partial charge in [-0.05, 0) is 36.5 Å².